The summed E-state index contributed by atoms with van der Waals surface area (Å²) < 4.78 is 5.41. The van der Waals surface area contributed by atoms with E-state index in [1.165, 1.54) is 4.88 Å². The lowest BCUT2D eigenvalue weighted by atomic mass is 10.3. The van der Waals surface area contributed by atoms with Gasteiger partial charge >= 0.3 is 6.03 Å². The summed E-state index contributed by atoms with van der Waals surface area (Å²) in [6, 6.07) is 11.5. The van der Waals surface area contributed by atoms with Crippen molar-refractivity contribution in [3.8, 4) is 5.75 Å². The summed E-state index contributed by atoms with van der Waals surface area (Å²) in [4.78, 5) is 15.6. The highest BCUT2D eigenvalue weighted by molar-refractivity contribution is 7.99. The zero-order valence-electron chi connectivity index (χ0n) is 12.3. The van der Waals surface area contributed by atoms with Crippen molar-refractivity contribution in [2.75, 3.05) is 24.2 Å². The topological polar surface area (TPSA) is 41.6 Å². The van der Waals surface area contributed by atoms with Crippen LogP contribution < -0.4 is 10.1 Å². The quantitative estimate of drug-likeness (QED) is 0.899. The van der Waals surface area contributed by atoms with Crippen LogP contribution in [-0.2, 0) is 0 Å². The number of thioether (sulfide) groups is 1. The van der Waals surface area contributed by atoms with E-state index in [0.29, 0.717) is 6.61 Å². The fourth-order valence-electron chi connectivity index (χ4n) is 2.34. The Balaban J connectivity index is 1.66. The molecule has 1 aliphatic heterocycles. The van der Waals surface area contributed by atoms with Crippen molar-refractivity contribution in [3.05, 3.63) is 46.7 Å². The summed E-state index contributed by atoms with van der Waals surface area (Å²) >= 11 is 3.51. The summed E-state index contributed by atoms with van der Waals surface area (Å²) in [5, 5.41) is 5.15. The zero-order chi connectivity index (χ0) is 15.4. The highest BCUT2D eigenvalue weighted by Gasteiger charge is 2.31. The Morgan fingerprint density at radius 2 is 2.18 bits per heavy atom. The molecule has 0 aliphatic carbocycles. The normalized spacial score (nSPS) is 17.5. The Morgan fingerprint density at radius 1 is 1.36 bits per heavy atom. The van der Waals surface area contributed by atoms with Gasteiger partial charge in [0.05, 0.1) is 6.61 Å². The fraction of sp³-hybridized carbons (Fsp3) is 0.312. The third-order valence-electron chi connectivity index (χ3n) is 3.36. The predicted octanol–water partition coefficient (Wildman–Crippen LogP) is 4.43. The second kappa shape index (κ2) is 7.07. The zero-order valence-corrected chi connectivity index (χ0v) is 14.0. The first kappa shape index (κ1) is 15.2. The van der Waals surface area contributed by atoms with Gasteiger partial charge in [0.2, 0.25) is 0 Å². The molecule has 1 aromatic heterocycles. The number of hydrogen-bond donors (Lipinski definition) is 1. The number of carbonyl (C=O) groups is 1. The SMILES string of the molecule is CCOc1ccc(NC(=O)N2CCSC2c2cccs2)cc1. The molecule has 1 atom stereocenters. The Hall–Kier alpha value is -1.66. The number of ether oxygens (including phenoxy) is 1. The molecular weight excluding hydrogens is 316 g/mol. The second-order valence-electron chi connectivity index (χ2n) is 4.82. The molecule has 1 unspecified atom stereocenters. The monoisotopic (exact) mass is 334 g/mol. The molecule has 1 aliphatic rings. The number of rotatable bonds is 4. The van der Waals surface area contributed by atoms with Gasteiger partial charge in [-0.1, -0.05) is 6.07 Å². The molecule has 6 heteroatoms. The van der Waals surface area contributed by atoms with Gasteiger partial charge in [-0.15, -0.1) is 23.1 Å². The molecule has 2 heterocycles. The van der Waals surface area contributed by atoms with Gasteiger partial charge in [0.15, 0.2) is 0 Å². The minimum absolute atomic E-state index is 0.0486. The fourth-order valence-corrected chi connectivity index (χ4v) is 4.58. The molecule has 0 radical (unpaired) electrons. The number of nitrogens with one attached hydrogen (secondary N) is 1. The molecule has 2 amide bonds. The van der Waals surface area contributed by atoms with Crippen LogP contribution in [-0.4, -0.2) is 29.8 Å². The van der Waals surface area contributed by atoms with Gasteiger partial charge in [-0.25, -0.2) is 4.79 Å². The third kappa shape index (κ3) is 3.39. The number of urea groups is 1. The highest BCUT2D eigenvalue weighted by atomic mass is 32.2. The molecule has 116 valence electrons. The third-order valence-corrected chi connectivity index (χ3v) is 5.67. The lowest BCUT2D eigenvalue weighted by Crippen LogP contribution is -2.34. The molecule has 3 rings (SSSR count). The number of amides is 2. The first-order valence-corrected chi connectivity index (χ1v) is 9.16. The minimum Gasteiger partial charge on any atom is -0.494 e. The van der Waals surface area contributed by atoms with E-state index in [1.54, 1.807) is 11.3 Å². The van der Waals surface area contributed by atoms with Crippen LogP contribution in [0, 0.1) is 0 Å². The largest absolute Gasteiger partial charge is 0.494 e. The number of carbonyl (C=O) groups excluding carboxylic acids is 1. The smallest absolute Gasteiger partial charge is 0.323 e. The van der Waals surface area contributed by atoms with Gasteiger partial charge < -0.3 is 15.0 Å². The van der Waals surface area contributed by atoms with Crippen molar-refractivity contribution in [2.24, 2.45) is 0 Å². The Morgan fingerprint density at radius 3 is 2.86 bits per heavy atom. The number of benzene rings is 1. The Labute approximate surface area is 138 Å². The van der Waals surface area contributed by atoms with Gasteiger partial charge in [0, 0.05) is 22.9 Å². The highest BCUT2D eigenvalue weighted by Crippen LogP contribution is 2.40. The van der Waals surface area contributed by atoms with Crippen LogP contribution >= 0.6 is 23.1 Å². The Kier molecular flexibility index (Phi) is 4.90. The molecular formula is C16H18N2O2S2. The molecule has 4 nitrogen and oxygen atoms in total. The molecule has 0 saturated carbocycles. The van der Waals surface area contributed by atoms with Crippen LogP contribution in [0.5, 0.6) is 5.75 Å². The Bertz CT molecular complexity index is 614. The van der Waals surface area contributed by atoms with Crippen LogP contribution in [0.1, 0.15) is 17.2 Å². The minimum atomic E-state index is -0.0486. The second-order valence-corrected chi connectivity index (χ2v) is 6.99. The maximum atomic E-state index is 12.5. The van der Waals surface area contributed by atoms with Crippen molar-refractivity contribution >= 4 is 34.8 Å². The summed E-state index contributed by atoms with van der Waals surface area (Å²) in [5.74, 6) is 1.79. The lowest BCUT2D eigenvalue weighted by Gasteiger charge is -2.23. The standard InChI is InChI=1S/C16H18N2O2S2/c1-2-20-13-7-5-12(6-8-13)17-16(19)18-9-11-22-15(18)14-4-3-10-21-14/h3-8,10,15H,2,9,11H2,1H3,(H,17,19). The van der Waals surface area contributed by atoms with Gasteiger partial charge in [0.25, 0.3) is 0 Å². The summed E-state index contributed by atoms with van der Waals surface area (Å²) in [6.45, 7) is 3.36. The summed E-state index contributed by atoms with van der Waals surface area (Å²) in [5.41, 5.74) is 0.787. The number of hydrogen-bond acceptors (Lipinski definition) is 4. The van der Waals surface area contributed by atoms with Gasteiger partial charge in [-0.2, -0.15) is 0 Å². The van der Waals surface area contributed by atoms with Crippen LogP contribution in [0.4, 0.5) is 10.5 Å². The first-order chi connectivity index (χ1) is 10.8. The predicted molar refractivity (Wildman–Crippen MR) is 92.9 cm³/mol. The van der Waals surface area contributed by atoms with Crippen LogP contribution in [0.25, 0.3) is 0 Å². The van der Waals surface area contributed by atoms with E-state index in [9.17, 15) is 4.79 Å². The molecule has 1 N–H and O–H groups in total. The van der Waals surface area contributed by atoms with Gasteiger partial charge in [0.1, 0.15) is 11.1 Å². The number of anilines is 1. The maximum Gasteiger partial charge on any atom is 0.323 e. The van der Waals surface area contributed by atoms with E-state index < -0.39 is 0 Å². The molecule has 0 spiro atoms. The molecule has 1 aromatic carbocycles. The molecule has 2 aromatic rings. The van der Waals surface area contributed by atoms with Crippen LogP contribution in [0.3, 0.4) is 0 Å². The van der Waals surface area contributed by atoms with Crippen molar-refractivity contribution in [2.45, 2.75) is 12.3 Å². The van der Waals surface area contributed by atoms with E-state index in [2.05, 4.69) is 16.8 Å². The van der Waals surface area contributed by atoms with Gasteiger partial charge in [-0.3, -0.25) is 0 Å². The van der Waals surface area contributed by atoms with Crippen LogP contribution in [0.2, 0.25) is 0 Å². The van der Waals surface area contributed by atoms with E-state index in [-0.39, 0.29) is 11.4 Å². The van der Waals surface area contributed by atoms with Crippen molar-refractivity contribution < 1.29 is 9.53 Å². The van der Waals surface area contributed by atoms with Crippen molar-refractivity contribution in [1.82, 2.24) is 4.90 Å². The summed E-state index contributed by atoms with van der Waals surface area (Å²) in [7, 11) is 0. The lowest BCUT2D eigenvalue weighted by molar-refractivity contribution is 0.215. The van der Waals surface area contributed by atoms with Crippen molar-refractivity contribution in [3.63, 3.8) is 0 Å². The first-order valence-electron chi connectivity index (χ1n) is 7.23. The molecule has 0 bridgehead atoms. The molecule has 1 saturated heterocycles. The van der Waals surface area contributed by atoms with E-state index in [4.69, 9.17) is 4.74 Å². The maximum absolute atomic E-state index is 12.5. The van der Waals surface area contributed by atoms with E-state index >= 15 is 0 Å². The molecule has 1 fully saturated rings. The van der Waals surface area contributed by atoms with E-state index in [0.717, 1.165) is 23.7 Å². The van der Waals surface area contributed by atoms with Crippen molar-refractivity contribution in [1.29, 1.82) is 0 Å². The van der Waals surface area contributed by atoms with E-state index in [1.807, 2.05) is 53.9 Å². The number of nitrogens with zero attached hydrogens (tertiary/aromatic N) is 1. The van der Waals surface area contributed by atoms with Crippen LogP contribution in [0.15, 0.2) is 41.8 Å². The molecule has 22 heavy (non-hydrogen) atoms. The average Bonchev–Trinajstić information content (AvgIpc) is 3.20. The van der Waals surface area contributed by atoms with Gasteiger partial charge in [-0.05, 0) is 42.6 Å². The number of thiophene rings is 1. The summed E-state index contributed by atoms with van der Waals surface area (Å²) in [6.07, 6.45) is 0. The average molecular weight is 334 g/mol.